The van der Waals surface area contributed by atoms with Crippen LogP contribution in [-0.2, 0) is 11.3 Å². The minimum atomic E-state index is -0.250. The Balaban J connectivity index is 1.66. The number of para-hydroxylation sites is 1. The van der Waals surface area contributed by atoms with Crippen LogP contribution in [0.2, 0.25) is 5.22 Å². The number of halogens is 1. The molecule has 1 amide bonds. The van der Waals surface area contributed by atoms with Gasteiger partial charge in [-0.05, 0) is 37.4 Å². The second-order valence-electron chi connectivity index (χ2n) is 5.24. The van der Waals surface area contributed by atoms with Gasteiger partial charge < -0.3 is 15.1 Å². The van der Waals surface area contributed by atoms with Crippen LogP contribution in [0.4, 0.5) is 0 Å². The van der Waals surface area contributed by atoms with Gasteiger partial charge in [0, 0.05) is 23.5 Å². The summed E-state index contributed by atoms with van der Waals surface area (Å²) in [6.45, 7) is 2.36. The zero-order chi connectivity index (χ0) is 14.1. The molecule has 1 atom stereocenters. The molecule has 1 aliphatic rings. The van der Waals surface area contributed by atoms with E-state index in [1.807, 2.05) is 31.2 Å². The highest BCUT2D eigenvalue weighted by Gasteiger charge is 2.25. The number of hydrogen-bond donors (Lipinski definition) is 2. The van der Waals surface area contributed by atoms with Gasteiger partial charge in [-0.2, -0.15) is 0 Å². The first-order chi connectivity index (χ1) is 9.65. The molecule has 0 bridgehead atoms. The zero-order valence-corrected chi connectivity index (χ0v) is 12.0. The summed E-state index contributed by atoms with van der Waals surface area (Å²) in [7, 11) is 0. The van der Waals surface area contributed by atoms with Crippen molar-refractivity contribution in [2.45, 2.75) is 38.4 Å². The lowest BCUT2D eigenvalue weighted by Crippen LogP contribution is -2.42. The van der Waals surface area contributed by atoms with Gasteiger partial charge in [-0.15, -0.1) is 0 Å². The van der Waals surface area contributed by atoms with E-state index in [-0.39, 0.29) is 11.9 Å². The van der Waals surface area contributed by atoms with Crippen LogP contribution in [0.15, 0.2) is 28.7 Å². The molecular weight excluding hydrogens is 276 g/mol. The van der Waals surface area contributed by atoms with Gasteiger partial charge in [0.1, 0.15) is 5.58 Å². The molecule has 4 nitrogen and oxygen atoms in total. The van der Waals surface area contributed by atoms with Crippen LogP contribution in [-0.4, -0.2) is 18.0 Å². The SMILES string of the molecule is CC(NCc1c(Cl)oc2ccccc12)C(=O)NC1CC1. The topological polar surface area (TPSA) is 54.3 Å². The second-order valence-corrected chi connectivity index (χ2v) is 5.58. The van der Waals surface area contributed by atoms with Gasteiger partial charge in [0.2, 0.25) is 5.91 Å². The largest absolute Gasteiger partial charge is 0.444 e. The molecule has 0 spiro atoms. The number of nitrogens with one attached hydrogen (secondary N) is 2. The lowest BCUT2D eigenvalue weighted by molar-refractivity contribution is -0.122. The Morgan fingerprint density at radius 2 is 2.20 bits per heavy atom. The minimum absolute atomic E-state index is 0.0384. The van der Waals surface area contributed by atoms with Crippen LogP contribution >= 0.6 is 11.6 Å². The van der Waals surface area contributed by atoms with Gasteiger partial charge in [0.25, 0.3) is 0 Å². The number of hydrogen-bond acceptors (Lipinski definition) is 3. The molecule has 1 saturated carbocycles. The Bertz CT molecular complexity index is 634. The van der Waals surface area contributed by atoms with E-state index in [9.17, 15) is 4.79 Å². The van der Waals surface area contributed by atoms with Crippen LogP contribution in [0.5, 0.6) is 0 Å². The highest BCUT2D eigenvalue weighted by molar-refractivity contribution is 6.30. The van der Waals surface area contributed by atoms with E-state index in [0.717, 1.165) is 29.4 Å². The zero-order valence-electron chi connectivity index (χ0n) is 11.3. The summed E-state index contributed by atoms with van der Waals surface area (Å²) in [5.74, 6) is 0.0384. The lowest BCUT2D eigenvalue weighted by atomic mass is 10.1. The maximum atomic E-state index is 11.9. The Morgan fingerprint density at radius 1 is 1.45 bits per heavy atom. The fourth-order valence-corrected chi connectivity index (χ4v) is 2.39. The van der Waals surface area contributed by atoms with Gasteiger partial charge in [0.15, 0.2) is 5.22 Å². The molecule has 0 aliphatic heterocycles. The Morgan fingerprint density at radius 3 is 2.95 bits per heavy atom. The summed E-state index contributed by atoms with van der Waals surface area (Å²) in [6, 6.07) is 7.83. The van der Waals surface area contributed by atoms with Gasteiger partial charge in [-0.25, -0.2) is 0 Å². The summed E-state index contributed by atoms with van der Waals surface area (Å²) in [5, 5.41) is 7.54. The minimum Gasteiger partial charge on any atom is -0.444 e. The number of carbonyl (C=O) groups is 1. The molecule has 1 aromatic heterocycles. The standard InChI is InChI=1S/C15H17ClN2O2/c1-9(15(19)18-10-6-7-10)17-8-12-11-4-2-3-5-13(11)20-14(12)16/h2-5,9-10,17H,6-8H2,1H3,(H,18,19). The van der Waals surface area contributed by atoms with Crippen LogP contribution in [0.1, 0.15) is 25.3 Å². The number of furan rings is 1. The molecule has 0 radical (unpaired) electrons. The monoisotopic (exact) mass is 292 g/mol. The quantitative estimate of drug-likeness (QED) is 0.891. The summed E-state index contributed by atoms with van der Waals surface area (Å²) in [6.07, 6.45) is 2.19. The van der Waals surface area contributed by atoms with Crippen molar-refractivity contribution in [1.29, 1.82) is 0 Å². The van der Waals surface area contributed by atoms with Crippen LogP contribution in [0.3, 0.4) is 0 Å². The maximum absolute atomic E-state index is 11.9. The molecule has 2 aromatic rings. The lowest BCUT2D eigenvalue weighted by Gasteiger charge is -2.13. The van der Waals surface area contributed by atoms with Crippen molar-refractivity contribution in [1.82, 2.24) is 10.6 Å². The van der Waals surface area contributed by atoms with Gasteiger partial charge >= 0.3 is 0 Å². The van der Waals surface area contributed by atoms with Crippen molar-refractivity contribution >= 4 is 28.5 Å². The van der Waals surface area contributed by atoms with Gasteiger partial charge in [-0.3, -0.25) is 4.79 Å². The Labute approximate surface area is 122 Å². The van der Waals surface area contributed by atoms with Crippen molar-refractivity contribution in [2.75, 3.05) is 0 Å². The molecule has 1 fully saturated rings. The third-order valence-corrected chi connectivity index (χ3v) is 3.86. The van der Waals surface area contributed by atoms with Crippen molar-refractivity contribution in [2.24, 2.45) is 0 Å². The molecule has 1 aliphatic carbocycles. The first kappa shape index (κ1) is 13.5. The van der Waals surface area contributed by atoms with E-state index >= 15 is 0 Å². The van der Waals surface area contributed by atoms with Crippen molar-refractivity contribution < 1.29 is 9.21 Å². The molecule has 1 heterocycles. The van der Waals surface area contributed by atoms with Crippen LogP contribution in [0, 0.1) is 0 Å². The number of fused-ring (bicyclic) bond motifs is 1. The molecule has 20 heavy (non-hydrogen) atoms. The highest BCUT2D eigenvalue weighted by Crippen LogP contribution is 2.29. The van der Waals surface area contributed by atoms with E-state index in [4.69, 9.17) is 16.0 Å². The van der Waals surface area contributed by atoms with Crippen molar-refractivity contribution in [3.05, 3.63) is 35.0 Å². The second kappa shape index (κ2) is 5.46. The summed E-state index contributed by atoms with van der Waals surface area (Å²) >= 11 is 6.12. The van der Waals surface area contributed by atoms with E-state index in [1.54, 1.807) is 0 Å². The fraction of sp³-hybridized carbons (Fsp3) is 0.400. The third-order valence-electron chi connectivity index (χ3n) is 3.55. The highest BCUT2D eigenvalue weighted by atomic mass is 35.5. The predicted octanol–water partition coefficient (Wildman–Crippen LogP) is 2.84. The molecule has 2 N–H and O–H groups in total. The molecule has 5 heteroatoms. The molecular formula is C15H17ClN2O2. The number of rotatable bonds is 5. The summed E-state index contributed by atoms with van der Waals surface area (Å²) in [4.78, 5) is 11.9. The molecule has 1 aromatic carbocycles. The summed E-state index contributed by atoms with van der Waals surface area (Å²) in [5.41, 5.74) is 1.66. The number of benzene rings is 1. The average molecular weight is 293 g/mol. The first-order valence-corrected chi connectivity index (χ1v) is 7.22. The van der Waals surface area contributed by atoms with E-state index in [0.29, 0.717) is 17.8 Å². The normalized spacial score (nSPS) is 16.3. The maximum Gasteiger partial charge on any atom is 0.237 e. The fourth-order valence-electron chi connectivity index (χ4n) is 2.14. The average Bonchev–Trinajstić information content (AvgIpc) is 3.18. The van der Waals surface area contributed by atoms with Crippen LogP contribution in [0.25, 0.3) is 11.0 Å². The number of amides is 1. The van der Waals surface area contributed by atoms with E-state index in [2.05, 4.69) is 10.6 Å². The third kappa shape index (κ3) is 2.81. The smallest absolute Gasteiger partial charge is 0.237 e. The molecule has 1 unspecified atom stereocenters. The van der Waals surface area contributed by atoms with Crippen LogP contribution < -0.4 is 10.6 Å². The number of carbonyl (C=O) groups excluding carboxylic acids is 1. The van der Waals surface area contributed by atoms with Gasteiger partial charge in [0.05, 0.1) is 6.04 Å². The first-order valence-electron chi connectivity index (χ1n) is 6.85. The summed E-state index contributed by atoms with van der Waals surface area (Å²) < 4.78 is 5.49. The predicted molar refractivity (Wildman–Crippen MR) is 78.7 cm³/mol. The van der Waals surface area contributed by atoms with E-state index < -0.39 is 0 Å². The van der Waals surface area contributed by atoms with Gasteiger partial charge in [-0.1, -0.05) is 18.2 Å². The Kier molecular flexibility index (Phi) is 3.68. The molecule has 0 saturated heterocycles. The Hall–Kier alpha value is -1.52. The van der Waals surface area contributed by atoms with E-state index in [1.165, 1.54) is 0 Å². The van der Waals surface area contributed by atoms with Crippen molar-refractivity contribution in [3.63, 3.8) is 0 Å². The molecule has 3 rings (SSSR count). The molecule has 106 valence electrons. The van der Waals surface area contributed by atoms with Crippen molar-refractivity contribution in [3.8, 4) is 0 Å².